The minimum absolute atomic E-state index is 0.481. The van der Waals surface area contributed by atoms with E-state index in [0.717, 1.165) is 22.4 Å². The molecule has 0 aliphatic rings. The van der Waals surface area contributed by atoms with E-state index in [1.807, 2.05) is 31.2 Å². The summed E-state index contributed by atoms with van der Waals surface area (Å²) in [6.45, 7) is 6.11. The normalized spacial score (nSPS) is 10.8. The molecule has 3 aromatic rings. The Hall–Kier alpha value is -2.62. The van der Waals surface area contributed by atoms with Crippen molar-refractivity contribution in [1.29, 1.82) is 0 Å². The number of nitrogen functional groups attached to an aromatic ring is 1. The molecule has 1 heterocycles. The summed E-state index contributed by atoms with van der Waals surface area (Å²) in [6, 6.07) is 11.8. The molecule has 0 amide bonds. The molecular formula is C17H17N3O. The molecule has 0 spiro atoms. The fraction of sp³-hybridized carbons (Fsp3) is 0.176. The SMILES string of the molecule is Cc1ccc(-c2nnc(-c3ccc(C)c(N)c3)o2)cc1C. The van der Waals surface area contributed by atoms with Crippen LogP contribution in [0.15, 0.2) is 40.8 Å². The Labute approximate surface area is 123 Å². The maximum Gasteiger partial charge on any atom is 0.248 e. The van der Waals surface area contributed by atoms with Crippen molar-refractivity contribution in [2.24, 2.45) is 0 Å². The van der Waals surface area contributed by atoms with E-state index in [0.29, 0.717) is 11.8 Å². The first-order chi connectivity index (χ1) is 10.0. The summed E-state index contributed by atoms with van der Waals surface area (Å²) in [5.74, 6) is 1.00. The van der Waals surface area contributed by atoms with Gasteiger partial charge in [-0.15, -0.1) is 10.2 Å². The molecule has 2 N–H and O–H groups in total. The molecule has 21 heavy (non-hydrogen) atoms. The Bertz CT molecular complexity index is 740. The fourth-order valence-electron chi connectivity index (χ4n) is 2.10. The summed E-state index contributed by atoms with van der Waals surface area (Å²) < 4.78 is 5.77. The van der Waals surface area contributed by atoms with Gasteiger partial charge in [0.25, 0.3) is 0 Å². The van der Waals surface area contributed by atoms with E-state index >= 15 is 0 Å². The second kappa shape index (κ2) is 5.05. The van der Waals surface area contributed by atoms with Crippen molar-refractivity contribution >= 4 is 5.69 Å². The molecule has 3 rings (SSSR count). The highest BCUT2D eigenvalue weighted by Gasteiger charge is 2.11. The lowest BCUT2D eigenvalue weighted by Gasteiger charge is -2.02. The lowest BCUT2D eigenvalue weighted by atomic mass is 10.1. The van der Waals surface area contributed by atoms with Gasteiger partial charge in [-0.05, 0) is 61.7 Å². The van der Waals surface area contributed by atoms with Crippen LogP contribution < -0.4 is 5.73 Å². The van der Waals surface area contributed by atoms with E-state index in [1.54, 1.807) is 0 Å². The Morgan fingerprint density at radius 2 is 1.33 bits per heavy atom. The first kappa shape index (κ1) is 13.4. The lowest BCUT2D eigenvalue weighted by Crippen LogP contribution is -1.89. The van der Waals surface area contributed by atoms with E-state index < -0.39 is 0 Å². The number of aromatic nitrogens is 2. The van der Waals surface area contributed by atoms with Crippen LogP contribution in [0.25, 0.3) is 22.9 Å². The number of anilines is 1. The summed E-state index contributed by atoms with van der Waals surface area (Å²) in [4.78, 5) is 0. The van der Waals surface area contributed by atoms with Gasteiger partial charge in [-0.2, -0.15) is 0 Å². The van der Waals surface area contributed by atoms with Crippen LogP contribution >= 0.6 is 0 Å². The first-order valence-corrected chi connectivity index (χ1v) is 6.82. The van der Waals surface area contributed by atoms with Crippen molar-refractivity contribution in [1.82, 2.24) is 10.2 Å². The van der Waals surface area contributed by atoms with Crippen LogP contribution in [0, 0.1) is 20.8 Å². The van der Waals surface area contributed by atoms with Crippen LogP contribution in [0.3, 0.4) is 0 Å². The molecule has 0 atom stereocenters. The van der Waals surface area contributed by atoms with Gasteiger partial charge >= 0.3 is 0 Å². The summed E-state index contributed by atoms with van der Waals surface area (Å²) in [5.41, 5.74) is 11.9. The maximum atomic E-state index is 5.92. The number of hydrogen-bond donors (Lipinski definition) is 1. The van der Waals surface area contributed by atoms with Gasteiger partial charge in [-0.25, -0.2) is 0 Å². The van der Waals surface area contributed by atoms with Gasteiger partial charge in [-0.3, -0.25) is 0 Å². The van der Waals surface area contributed by atoms with Gasteiger partial charge in [0.15, 0.2) is 0 Å². The van der Waals surface area contributed by atoms with E-state index in [4.69, 9.17) is 10.2 Å². The molecule has 4 nitrogen and oxygen atoms in total. The number of hydrogen-bond acceptors (Lipinski definition) is 4. The number of benzene rings is 2. The molecule has 0 aliphatic carbocycles. The van der Waals surface area contributed by atoms with Crippen molar-refractivity contribution in [3.8, 4) is 22.9 Å². The van der Waals surface area contributed by atoms with Gasteiger partial charge in [0, 0.05) is 16.8 Å². The average molecular weight is 279 g/mol. The fourth-order valence-corrected chi connectivity index (χ4v) is 2.10. The monoisotopic (exact) mass is 279 g/mol. The van der Waals surface area contributed by atoms with Crippen molar-refractivity contribution in [2.75, 3.05) is 5.73 Å². The second-order valence-electron chi connectivity index (χ2n) is 5.28. The zero-order valence-electron chi connectivity index (χ0n) is 12.3. The zero-order chi connectivity index (χ0) is 15.0. The van der Waals surface area contributed by atoms with E-state index in [2.05, 4.69) is 36.2 Å². The highest BCUT2D eigenvalue weighted by molar-refractivity contribution is 5.64. The molecular weight excluding hydrogens is 262 g/mol. The van der Waals surface area contributed by atoms with Crippen LogP contribution in [0.5, 0.6) is 0 Å². The molecule has 1 aromatic heterocycles. The third-order valence-corrected chi connectivity index (χ3v) is 3.71. The first-order valence-electron chi connectivity index (χ1n) is 6.82. The quantitative estimate of drug-likeness (QED) is 0.722. The van der Waals surface area contributed by atoms with Gasteiger partial charge < -0.3 is 10.2 Å². The van der Waals surface area contributed by atoms with Crippen LogP contribution in [0.4, 0.5) is 5.69 Å². The van der Waals surface area contributed by atoms with Gasteiger partial charge in [-0.1, -0.05) is 12.1 Å². The number of aryl methyl sites for hydroxylation is 3. The lowest BCUT2D eigenvalue weighted by molar-refractivity contribution is 0.584. The van der Waals surface area contributed by atoms with Crippen LogP contribution in [-0.2, 0) is 0 Å². The second-order valence-corrected chi connectivity index (χ2v) is 5.28. The predicted molar refractivity (Wildman–Crippen MR) is 83.8 cm³/mol. The summed E-state index contributed by atoms with van der Waals surface area (Å²) >= 11 is 0. The van der Waals surface area contributed by atoms with Crippen molar-refractivity contribution in [3.63, 3.8) is 0 Å². The standard InChI is InChI=1S/C17H17N3O/c1-10-4-6-13(8-12(10)3)16-19-20-17(21-16)14-7-5-11(2)15(18)9-14/h4-9H,18H2,1-3H3. The summed E-state index contributed by atoms with van der Waals surface area (Å²) in [6.07, 6.45) is 0. The van der Waals surface area contributed by atoms with Crippen molar-refractivity contribution in [3.05, 3.63) is 53.1 Å². The molecule has 106 valence electrons. The molecule has 0 bridgehead atoms. The number of nitrogens with zero attached hydrogens (tertiary/aromatic N) is 2. The third kappa shape index (κ3) is 2.52. The summed E-state index contributed by atoms with van der Waals surface area (Å²) in [7, 11) is 0. The predicted octanol–water partition coefficient (Wildman–Crippen LogP) is 3.91. The molecule has 0 unspecified atom stereocenters. The maximum absolute atomic E-state index is 5.92. The summed E-state index contributed by atoms with van der Waals surface area (Å²) in [5, 5.41) is 8.24. The van der Waals surface area contributed by atoms with Gasteiger partial charge in [0.1, 0.15) is 0 Å². The van der Waals surface area contributed by atoms with E-state index in [9.17, 15) is 0 Å². The van der Waals surface area contributed by atoms with Crippen LogP contribution in [0.1, 0.15) is 16.7 Å². The Morgan fingerprint density at radius 3 is 1.90 bits per heavy atom. The molecule has 4 heteroatoms. The third-order valence-electron chi connectivity index (χ3n) is 3.71. The highest BCUT2D eigenvalue weighted by Crippen LogP contribution is 2.27. The van der Waals surface area contributed by atoms with Gasteiger partial charge in [0.2, 0.25) is 11.8 Å². The largest absolute Gasteiger partial charge is 0.416 e. The number of rotatable bonds is 2. The molecule has 0 fully saturated rings. The molecule has 0 saturated carbocycles. The molecule has 0 radical (unpaired) electrons. The zero-order valence-corrected chi connectivity index (χ0v) is 12.3. The van der Waals surface area contributed by atoms with Gasteiger partial charge in [0.05, 0.1) is 0 Å². The number of nitrogens with two attached hydrogens (primary N) is 1. The van der Waals surface area contributed by atoms with Crippen LogP contribution in [0.2, 0.25) is 0 Å². The Morgan fingerprint density at radius 1 is 0.762 bits per heavy atom. The van der Waals surface area contributed by atoms with Crippen LogP contribution in [-0.4, -0.2) is 10.2 Å². The van der Waals surface area contributed by atoms with Crippen molar-refractivity contribution < 1.29 is 4.42 Å². The minimum atomic E-state index is 0.481. The Kier molecular flexibility index (Phi) is 3.22. The average Bonchev–Trinajstić information content (AvgIpc) is 2.94. The van der Waals surface area contributed by atoms with E-state index in [1.165, 1.54) is 11.1 Å². The highest BCUT2D eigenvalue weighted by atomic mass is 16.4. The molecule has 0 aliphatic heterocycles. The molecule has 0 saturated heterocycles. The topological polar surface area (TPSA) is 64.9 Å². The minimum Gasteiger partial charge on any atom is -0.416 e. The van der Waals surface area contributed by atoms with E-state index in [-0.39, 0.29) is 0 Å². The molecule has 2 aromatic carbocycles. The Balaban J connectivity index is 1.99. The smallest absolute Gasteiger partial charge is 0.248 e. The van der Waals surface area contributed by atoms with Crippen molar-refractivity contribution in [2.45, 2.75) is 20.8 Å².